The van der Waals surface area contributed by atoms with E-state index >= 15 is 0 Å². The van der Waals surface area contributed by atoms with Crippen LogP contribution in [0.2, 0.25) is 0 Å². The van der Waals surface area contributed by atoms with Crippen LogP contribution in [0.3, 0.4) is 0 Å². The highest BCUT2D eigenvalue weighted by Crippen LogP contribution is 2.32. The van der Waals surface area contributed by atoms with Crippen molar-refractivity contribution in [1.29, 1.82) is 0 Å². The maximum absolute atomic E-state index is 12.7. The molecule has 0 bridgehead atoms. The van der Waals surface area contributed by atoms with Crippen LogP contribution in [0.1, 0.15) is 48.5 Å². The Hall–Kier alpha value is -6.69. The van der Waals surface area contributed by atoms with Crippen molar-refractivity contribution in [2.24, 2.45) is 12.1 Å². The van der Waals surface area contributed by atoms with Crippen molar-refractivity contribution in [1.82, 2.24) is 14.2 Å². The zero-order valence-electron chi connectivity index (χ0n) is 31.0. The number of amides is 3. The number of carbonyl (C=O) groups is 3. The highest BCUT2D eigenvalue weighted by Gasteiger charge is 2.43. The van der Waals surface area contributed by atoms with E-state index in [0.717, 1.165) is 33.7 Å². The Bertz CT molecular complexity index is 2410. The zero-order chi connectivity index (χ0) is 38.6. The van der Waals surface area contributed by atoms with Gasteiger partial charge in [0.25, 0.3) is 28.8 Å². The number of benzene rings is 3. The van der Waals surface area contributed by atoms with Crippen LogP contribution in [-0.2, 0) is 21.4 Å². The number of aryl methyl sites for hydroxylation is 1. The molecule has 0 saturated carbocycles. The number of aromatic nitrogens is 3. The number of rotatable bonds is 3. The third-order valence-corrected chi connectivity index (χ3v) is 8.39. The lowest BCUT2D eigenvalue weighted by molar-refractivity contribution is -0.117. The van der Waals surface area contributed by atoms with Gasteiger partial charge in [-0.2, -0.15) is 14.6 Å². The van der Waals surface area contributed by atoms with Crippen LogP contribution in [0.15, 0.2) is 140 Å². The molecule has 2 aliphatic rings. The van der Waals surface area contributed by atoms with E-state index in [1.807, 2.05) is 126 Å². The molecule has 3 aromatic carbocycles. The minimum atomic E-state index is -0.292. The molecule has 53 heavy (non-hydrogen) atoms. The minimum Gasteiger partial charge on any atom is -0.267 e. The van der Waals surface area contributed by atoms with E-state index < -0.39 is 0 Å². The number of para-hydroxylation sites is 3. The van der Waals surface area contributed by atoms with Crippen LogP contribution in [0.5, 0.6) is 0 Å². The number of hydrogen-bond acceptors (Lipinski definition) is 7. The predicted molar refractivity (Wildman–Crippen MR) is 208 cm³/mol. The van der Waals surface area contributed by atoms with Crippen molar-refractivity contribution in [3.8, 4) is 0 Å². The number of carbonyl (C=O) groups excluding carboxylic acids is 3. The number of hydrazone groups is 1. The Labute approximate surface area is 306 Å². The molecule has 4 heterocycles. The minimum absolute atomic E-state index is 0.0382. The molecule has 5 aromatic rings. The van der Waals surface area contributed by atoms with Gasteiger partial charge in [0, 0.05) is 19.3 Å². The van der Waals surface area contributed by atoms with Crippen molar-refractivity contribution in [2.75, 3.05) is 15.0 Å². The average Bonchev–Trinajstić information content (AvgIpc) is 3.70. The van der Waals surface area contributed by atoms with Crippen LogP contribution < -0.4 is 31.4 Å². The van der Waals surface area contributed by atoms with Gasteiger partial charge in [-0.1, -0.05) is 71.3 Å². The number of anilines is 3. The lowest BCUT2D eigenvalue weighted by Gasteiger charge is -2.27. The second kappa shape index (κ2) is 15.7. The van der Waals surface area contributed by atoms with Gasteiger partial charge in [0.2, 0.25) is 0 Å². The monoisotopic (exact) mass is 711 g/mol. The standard InChI is InChI=1S/C18H16N2O2.C13H14N2O.C10H11N3O2/c1-13(2)16-17(21)19(14-9-5-3-6-10-14)20(18(16)22)15-11-7-4-8-12-15;1-9(2)12-10(3)14-15(13(12)16)11-7-5-4-6-8-11;1-6(2)8-9-11-5-4-7(14)13(9)12(3)10(8)15/h3-12H,1-2H3;4-8H,1-3H3;4-5H,1-3H3. The summed E-state index contributed by atoms with van der Waals surface area (Å²) in [6.45, 7) is 12.9. The molecule has 0 radical (unpaired) electrons. The summed E-state index contributed by atoms with van der Waals surface area (Å²) in [5.74, 6) is -0.621. The van der Waals surface area contributed by atoms with Gasteiger partial charge < -0.3 is 0 Å². The Kier molecular flexibility index (Phi) is 11.1. The van der Waals surface area contributed by atoms with E-state index in [9.17, 15) is 24.0 Å². The lowest BCUT2D eigenvalue weighted by Crippen LogP contribution is -2.41. The molecule has 2 aromatic heterocycles. The molecule has 0 N–H and O–H groups in total. The Balaban J connectivity index is 0.000000157. The van der Waals surface area contributed by atoms with Gasteiger partial charge in [0.05, 0.1) is 33.6 Å². The fourth-order valence-corrected chi connectivity index (χ4v) is 5.99. The molecule has 0 spiro atoms. The third kappa shape index (κ3) is 7.38. The van der Waals surface area contributed by atoms with Gasteiger partial charge in [0.15, 0.2) is 5.65 Å². The molecule has 7 rings (SSSR count). The normalized spacial score (nSPS) is 13.8. The van der Waals surface area contributed by atoms with Gasteiger partial charge in [0.1, 0.15) is 5.57 Å². The smallest absolute Gasteiger partial charge is 0.267 e. The summed E-state index contributed by atoms with van der Waals surface area (Å²) >= 11 is 0. The molecule has 12 nitrogen and oxygen atoms in total. The molecule has 0 atom stereocenters. The first kappa shape index (κ1) is 37.6. The van der Waals surface area contributed by atoms with E-state index in [4.69, 9.17) is 0 Å². The maximum Gasteiger partial charge on any atom is 0.283 e. The third-order valence-electron chi connectivity index (χ3n) is 8.39. The van der Waals surface area contributed by atoms with Crippen LogP contribution in [-0.4, -0.2) is 37.6 Å². The summed E-state index contributed by atoms with van der Waals surface area (Å²) in [5.41, 5.74) is 6.46. The SMILES string of the molecule is CC(C)=C1C(=O)N(c2ccccc2)N(c2ccccc2)C1=O.CC(C)=c1c(=O)n(C)n2c(=O)ccnc12.CC1=NN(c2ccccc2)C(=O)C1=C(C)C. The van der Waals surface area contributed by atoms with Crippen LogP contribution in [0, 0.1) is 0 Å². The van der Waals surface area contributed by atoms with Crippen LogP contribution in [0.25, 0.3) is 11.2 Å². The second-order valence-electron chi connectivity index (χ2n) is 12.9. The molecule has 12 heteroatoms. The first-order valence-electron chi connectivity index (χ1n) is 16.9. The fourth-order valence-electron chi connectivity index (χ4n) is 5.99. The van der Waals surface area contributed by atoms with Crippen molar-refractivity contribution in [2.45, 2.75) is 48.5 Å². The summed E-state index contributed by atoms with van der Waals surface area (Å²) in [7, 11) is 1.56. The predicted octanol–water partition coefficient (Wildman–Crippen LogP) is 5.37. The number of hydrazine groups is 1. The van der Waals surface area contributed by atoms with Crippen molar-refractivity contribution >= 4 is 51.7 Å². The van der Waals surface area contributed by atoms with E-state index in [2.05, 4.69) is 10.1 Å². The van der Waals surface area contributed by atoms with Gasteiger partial charge in [-0.15, -0.1) is 0 Å². The largest absolute Gasteiger partial charge is 0.283 e. The summed E-state index contributed by atoms with van der Waals surface area (Å²) < 4.78 is 2.57. The van der Waals surface area contributed by atoms with Crippen LogP contribution >= 0.6 is 0 Å². The fraction of sp³-hybridized carbons (Fsp3) is 0.195. The average molecular weight is 712 g/mol. The van der Waals surface area contributed by atoms with E-state index in [1.165, 1.54) is 36.5 Å². The maximum atomic E-state index is 12.7. The molecule has 0 unspecified atom stereocenters. The molecular formula is C41H41N7O5. The summed E-state index contributed by atoms with van der Waals surface area (Å²) in [6.07, 6.45) is 1.42. The van der Waals surface area contributed by atoms with E-state index in [-0.39, 0.29) is 34.4 Å². The summed E-state index contributed by atoms with van der Waals surface area (Å²) in [4.78, 5) is 65.0. The quantitative estimate of drug-likeness (QED) is 0.183. The number of nitrogens with zero attached hydrogens (tertiary/aromatic N) is 7. The topological polar surface area (TPSA) is 130 Å². The Morgan fingerprint density at radius 1 is 0.547 bits per heavy atom. The van der Waals surface area contributed by atoms with Crippen molar-refractivity contribution < 1.29 is 14.4 Å². The number of hydrogen-bond donors (Lipinski definition) is 0. The van der Waals surface area contributed by atoms with Gasteiger partial charge in [-0.05, 0) is 84.9 Å². The van der Waals surface area contributed by atoms with Crippen molar-refractivity contribution in [3.05, 3.63) is 151 Å². The van der Waals surface area contributed by atoms with Gasteiger partial charge in [-0.3, -0.25) is 24.0 Å². The van der Waals surface area contributed by atoms with E-state index in [1.54, 1.807) is 20.9 Å². The second-order valence-corrected chi connectivity index (χ2v) is 12.9. The molecule has 1 fully saturated rings. The molecule has 3 amide bonds. The molecular weight excluding hydrogens is 670 g/mol. The Morgan fingerprint density at radius 3 is 1.42 bits per heavy atom. The lowest BCUT2D eigenvalue weighted by atomic mass is 10.1. The number of allylic oxidation sites excluding steroid dienone is 2. The number of fused-ring (bicyclic) bond motifs is 1. The van der Waals surface area contributed by atoms with Gasteiger partial charge in [-0.25, -0.2) is 19.7 Å². The molecule has 1 saturated heterocycles. The van der Waals surface area contributed by atoms with E-state index in [0.29, 0.717) is 22.2 Å². The summed E-state index contributed by atoms with van der Waals surface area (Å²) in [6, 6.07) is 29.2. The molecule has 0 aliphatic carbocycles. The summed E-state index contributed by atoms with van der Waals surface area (Å²) in [5, 5.41) is 9.11. The Morgan fingerprint density at radius 2 is 1.00 bits per heavy atom. The van der Waals surface area contributed by atoms with Crippen LogP contribution in [0.4, 0.5) is 17.1 Å². The molecule has 2 aliphatic heterocycles. The first-order valence-corrected chi connectivity index (χ1v) is 16.9. The highest BCUT2D eigenvalue weighted by atomic mass is 16.2. The van der Waals surface area contributed by atoms with Gasteiger partial charge >= 0.3 is 0 Å². The van der Waals surface area contributed by atoms with Crippen molar-refractivity contribution in [3.63, 3.8) is 0 Å². The zero-order valence-corrected chi connectivity index (χ0v) is 31.0. The molecule has 270 valence electrons. The first-order chi connectivity index (χ1) is 25.3. The highest BCUT2D eigenvalue weighted by molar-refractivity contribution is 6.36.